The van der Waals surface area contributed by atoms with Crippen molar-refractivity contribution in [2.75, 3.05) is 5.73 Å². The van der Waals surface area contributed by atoms with Crippen LogP contribution in [0.1, 0.15) is 32.4 Å². The third kappa shape index (κ3) is 4.13. The fourth-order valence-electron chi connectivity index (χ4n) is 1.36. The number of hydrogen-bond acceptors (Lipinski definition) is 2. The summed E-state index contributed by atoms with van der Waals surface area (Å²) >= 11 is 0. The molecule has 0 aromatic heterocycles. The summed E-state index contributed by atoms with van der Waals surface area (Å²) in [4.78, 5) is 0. The van der Waals surface area contributed by atoms with Gasteiger partial charge < -0.3 is 10.8 Å². The Bertz CT molecular complexity index is 431. The Morgan fingerprint density at radius 1 is 1.28 bits per heavy atom. The second-order valence-electron chi connectivity index (χ2n) is 3.23. The van der Waals surface area contributed by atoms with E-state index in [9.17, 15) is 5.11 Å². The molecule has 0 atom stereocenters. The molecule has 1 aromatic carbocycles. The Kier molecular flexibility index (Phi) is 9.32. The topological polar surface area (TPSA) is 46.2 Å². The first-order chi connectivity index (χ1) is 8.11. The van der Waals surface area contributed by atoms with Crippen LogP contribution in [0.5, 0.6) is 5.75 Å². The quantitative estimate of drug-likeness (QED) is 0.600. The van der Waals surface area contributed by atoms with Crippen molar-refractivity contribution in [3.05, 3.63) is 54.6 Å². The van der Waals surface area contributed by atoms with Gasteiger partial charge in [0.2, 0.25) is 0 Å². The Morgan fingerprint density at radius 3 is 2.28 bits per heavy atom. The molecule has 100 valence electrons. The zero-order valence-electron chi connectivity index (χ0n) is 10.8. The van der Waals surface area contributed by atoms with E-state index in [1.165, 1.54) is 0 Å². The summed E-state index contributed by atoms with van der Waals surface area (Å²) in [5.41, 5.74) is 8.92. The minimum atomic E-state index is 0. The van der Waals surface area contributed by atoms with Gasteiger partial charge >= 0.3 is 0 Å². The Morgan fingerprint density at radius 2 is 1.83 bits per heavy atom. The molecule has 0 bridgehead atoms. The van der Waals surface area contributed by atoms with Crippen LogP contribution in [0.4, 0.5) is 5.69 Å². The molecule has 0 aliphatic rings. The number of anilines is 1. The molecular weight excluding hydrogens is 222 g/mol. The van der Waals surface area contributed by atoms with Crippen LogP contribution in [0, 0.1) is 6.92 Å². The van der Waals surface area contributed by atoms with Crippen LogP contribution in [-0.4, -0.2) is 5.11 Å². The van der Waals surface area contributed by atoms with Gasteiger partial charge in [0.25, 0.3) is 0 Å². The van der Waals surface area contributed by atoms with Gasteiger partial charge in [0.1, 0.15) is 5.75 Å². The van der Waals surface area contributed by atoms with E-state index in [-0.39, 0.29) is 13.2 Å². The zero-order chi connectivity index (χ0) is 13.4. The van der Waals surface area contributed by atoms with Gasteiger partial charge in [-0.3, -0.25) is 0 Å². The second-order valence-corrected chi connectivity index (χ2v) is 3.23. The first kappa shape index (κ1) is 18.4. The highest BCUT2D eigenvalue weighted by atomic mass is 16.3. The second kappa shape index (κ2) is 9.11. The van der Waals surface area contributed by atoms with Gasteiger partial charge in [0.15, 0.2) is 0 Å². The number of hydrogen-bond donors (Lipinski definition) is 2. The van der Waals surface area contributed by atoms with E-state index in [4.69, 9.17) is 5.73 Å². The van der Waals surface area contributed by atoms with Crippen molar-refractivity contribution in [2.24, 2.45) is 0 Å². The highest BCUT2D eigenvalue weighted by Gasteiger charge is 2.07. The van der Waals surface area contributed by atoms with Crippen LogP contribution in [0.3, 0.4) is 0 Å². The molecule has 0 heterocycles. The maximum absolute atomic E-state index is 9.46. The minimum absolute atomic E-state index is 0. The number of rotatable bonds is 3. The van der Waals surface area contributed by atoms with E-state index in [2.05, 4.69) is 13.2 Å². The normalized spacial score (nSPS) is 9.61. The van der Waals surface area contributed by atoms with E-state index in [1.54, 1.807) is 31.2 Å². The van der Waals surface area contributed by atoms with Crippen molar-refractivity contribution in [2.45, 2.75) is 28.2 Å². The van der Waals surface area contributed by atoms with Crippen molar-refractivity contribution in [1.82, 2.24) is 0 Å². The first-order valence-electron chi connectivity index (χ1n) is 5.65. The maximum atomic E-state index is 9.46. The van der Waals surface area contributed by atoms with Crippen LogP contribution >= 0.6 is 0 Å². The largest absolute Gasteiger partial charge is 0.508 e. The van der Waals surface area contributed by atoms with Crippen molar-refractivity contribution in [3.8, 4) is 5.75 Å². The average molecular weight is 247 g/mol. The summed E-state index contributed by atoms with van der Waals surface area (Å²) in [5, 5.41) is 9.46. The minimum Gasteiger partial charge on any atom is -0.508 e. The van der Waals surface area contributed by atoms with Gasteiger partial charge in [-0.1, -0.05) is 52.7 Å². The third-order valence-electron chi connectivity index (χ3n) is 2.31. The van der Waals surface area contributed by atoms with Gasteiger partial charge in [-0.15, -0.1) is 0 Å². The molecule has 0 spiro atoms. The summed E-state index contributed by atoms with van der Waals surface area (Å²) < 4.78 is 0. The fourth-order valence-corrected chi connectivity index (χ4v) is 1.36. The molecule has 3 N–H and O–H groups in total. The molecule has 2 heteroatoms. The summed E-state index contributed by atoms with van der Waals surface area (Å²) in [6, 6.07) is 3.40. The predicted molar refractivity (Wildman–Crippen MR) is 83.7 cm³/mol. The number of phenolic OH excluding ortho intramolecular Hbond substituents is 1. The first-order valence-corrected chi connectivity index (χ1v) is 5.65. The van der Waals surface area contributed by atoms with E-state index >= 15 is 0 Å². The lowest BCUT2D eigenvalue weighted by atomic mass is 10.00. The zero-order valence-corrected chi connectivity index (χ0v) is 10.8. The smallest absolute Gasteiger partial charge is 0.120 e. The number of nitrogens with two attached hydrogens (primary N) is 1. The predicted octanol–water partition coefficient (Wildman–Crippen LogP) is 4.70. The van der Waals surface area contributed by atoms with Crippen LogP contribution in [0.25, 0.3) is 5.57 Å². The van der Waals surface area contributed by atoms with Crippen molar-refractivity contribution >= 4 is 11.3 Å². The molecule has 0 saturated carbocycles. The SMILES string of the molecule is C.C=C/C=C(\C=C)c1ccc(O)c(C)c1N.CC. The number of phenols is 1. The Labute approximate surface area is 111 Å². The highest BCUT2D eigenvalue weighted by Crippen LogP contribution is 2.30. The molecule has 0 amide bonds. The Balaban J connectivity index is 0. The van der Waals surface area contributed by atoms with Crippen LogP contribution in [-0.2, 0) is 0 Å². The molecule has 2 nitrogen and oxygen atoms in total. The lowest BCUT2D eigenvalue weighted by molar-refractivity contribution is 0.471. The molecule has 1 aromatic rings. The van der Waals surface area contributed by atoms with Crippen LogP contribution < -0.4 is 5.73 Å². The lowest BCUT2D eigenvalue weighted by Gasteiger charge is -2.10. The summed E-state index contributed by atoms with van der Waals surface area (Å²) in [7, 11) is 0. The van der Waals surface area contributed by atoms with E-state index in [0.29, 0.717) is 11.3 Å². The molecule has 0 saturated heterocycles. The standard InChI is InChI=1S/C13H15NO.C2H6.CH4/c1-4-6-10(5-2)11-7-8-12(15)9(3)13(11)14;1-2;/h4-8,15H,1-2,14H2,3H3;1-2H3;1H4/b10-6+;;. The van der Waals surface area contributed by atoms with Gasteiger partial charge in [-0.2, -0.15) is 0 Å². The molecule has 0 aliphatic carbocycles. The van der Waals surface area contributed by atoms with Crippen LogP contribution in [0.2, 0.25) is 0 Å². The van der Waals surface area contributed by atoms with E-state index < -0.39 is 0 Å². The average Bonchev–Trinajstić information content (AvgIpc) is 2.36. The molecule has 0 unspecified atom stereocenters. The highest BCUT2D eigenvalue weighted by molar-refractivity contribution is 5.83. The van der Waals surface area contributed by atoms with Gasteiger partial charge in [-0.25, -0.2) is 0 Å². The summed E-state index contributed by atoms with van der Waals surface area (Å²) in [6.45, 7) is 13.1. The van der Waals surface area contributed by atoms with Crippen molar-refractivity contribution in [3.63, 3.8) is 0 Å². The van der Waals surface area contributed by atoms with E-state index in [0.717, 1.165) is 11.1 Å². The molecule has 18 heavy (non-hydrogen) atoms. The number of allylic oxidation sites excluding steroid dienone is 4. The van der Waals surface area contributed by atoms with Gasteiger partial charge in [-0.05, 0) is 24.6 Å². The number of nitrogen functional groups attached to an aromatic ring is 1. The maximum Gasteiger partial charge on any atom is 0.120 e. The summed E-state index contributed by atoms with van der Waals surface area (Å²) in [5.74, 6) is 0.207. The number of benzene rings is 1. The van der Waals surface area contributed by atoms with Gasteiger partial charge in [0.05, 0.1) is 0 Å². The third-order valence-corrected chi connectivity index (χ3v) is 2.31. The molecule has 0 radical (unpaired) electrons. The number of aromatic hydroxyl groups is 1. The molecule has 0 aliphatic heterocycles. The molecular formula is C16H25NO. The van der Waals surface area contributed by atoms with Crippen molar-refractivity contribution < 1.29 is 5.11 Å². The fraction of sp³-hybridized carbons (Fsp3) is 0.250. The summed E-state index contributed by atoms with van der Waals surface area (Å²) in [6.07, 6.45) is 5.22. The lowest BCUT2D eigenvalue weighted by Crippen LogP contribution is -1.96. The van der Waals surface area contributed by atoms with Crippen molar-refractivity contribution in [1.29, 1.82) is 0 Å². The van der Waals surface area contributed by atoms with Crippen LogP contribution in [0.15, 0.2) is 43.5 Å². The Hall–Kier alpha value is -1.96. The van der Waals surface area contributed by atoms with Gasteiger partial charge in [0, 0.05) is 16.8 Å². The van der Waals surface area contributed by atoms with E-state index in [1.807, 2.05) is 19.9 Å². The molecule has 0 fully saturated rings. The molecule has 1 rings (SSSR count). The monoisotopic (exact) mass is 247 g/mol.